The standard InChI is InChI=1S/C21H20ClF2N3/c1-2-3-9-26-27-13-14-10-15-7-8-16(22)11-17(15)21(25-12-14)20-18(23)5-4-6-19(20)24/h2,4-8,11,13,26-27H,1,3,9-10,12H2/b14-13+. The molecule has 1 aliphatic rings. The maximum atomic E-state index is 14.4. The van der Waals surface area contributed by atoms with Gasteiger partial charge in [0.25, 0.3) is 0 Å². The van der Waals surface area contributed by atoms with E-state index in [-0.39, 0.29) is 11.3 Å². The summed E-state index contributed by atoms with van der Waals surface area (Å²) in [5.41, 5.74) is 8.80. The molecule has 0 saturated carbocycles. The molecule has 0 bridgehead atoms. The van der Waals surface area contributed by atoms with Crippen LogP contribution in [-0.4, -0.2) is 18.8 Å². The average molecular weight is 388 g/mol. The summed E-state index contributed by atoms with van der Waals surface area (Å²) in [5.74, 6) is -1.28. The van der Waals surface area contributed by atoms with Gasteiger partial charge in [-0.2, -0.15) is 0 Å². The average Bonchev–Trinajstić information content (AvgIpc) is 2.81. The molecule has 0 unspecified atom stereocenters. The number of hydrogen-bond acceptors (Lipinski definition) is 3. The molecule has 2 aromatic rings. The van der Waals surface area contributed by atoms with Crippen LogP contribution in [0.3, 0.4) is 0 Å². The molecule has 0 aliphatic carbocycles. The normalized spacial score (nSPS) is 15.1. The van der Waals surface area contributed by atoms with Crippen molar-refractivity contribution in [2.75, 3.05) is 13.1 Å². The highest BCUT2D eigenvalue weighted by atomic mass is 35.5. The second kappa shape index (κ2) is 8.93. The van der Waals surface area contributed by atoms with Crippen molar-refractivity contribution < 1.29 is 8.78 Å². The summed E-state index contributed by atoms with van der Waals surface area (Å²) < 4.78 is 28.8. The molecule has 0 aromatic heterocycles. The Balaban J connectivity index is 1.98. The summed E-state index contributed by atoms with van der Waals surface area (Å²) in [4.78, 5) is 4.52. The lowest BCUT2D eigenvalue weighted by atomic mass is 9.94. The predicted octanol–water partition coefficient (Wildman–Crippen LogP) is 4.57. The molecule has 3 nitrogen and oxygen atoms in total. The summed E-state index contributed by atoms with van der Waals surface area (Å²) in [7, 11) is 0. The molecular weight excluding hydrogens is 368 g/mol. The van der Waals surface area contributed by atoms with Gasteiger partial charge in [-0.05, 0) is 48.2 Å². The van der Waals surface area contributed by atoms with Crippen molar-refractivity contribution in [3.8, 4) is 0 Å². The minimum Gasteiger partial charge on any atom is -0.329 e. The van der Waals surface area contributed by atoms with Gasteiger partial charge in [0.2, 0.25) is 0 Å². The van der Waals surface area contributed by atoms with Gasteiger partial charge in [0.1, 0.15) is 11.6 Å². The van der Waals surface area contributed by atoms with Crippen LogP contribution < -0.4 is 10.9 Å². The summed E-state index contributed by atoms with van der Waals surface area (Å²) >= 11 is 6.14. The molecular formula is C21H20ClF2N3. The van der Waals surface area contributed by atoms with Crippen LogP contribution in [0.15, 0.2) is 65.8 Å². The van der Waals surface area contributed by atoms with Crippen LogP contribution in [0.25, 0.3) is 0 Å². The Morgan fingerprint density at radius 1 is 1.19 bits per heavy atom. The molecule has 2 N–H and O–H groups in total. The van der Waals surface area contributed by atoms with Crippen LogP contribution in [0.5, 0.6) is 0 Å². The van der Waals surface area contributed by atoms with Gasteiger partial charge in [-0.15, -0.1) is 6.58 Å². The molecule has 0 spiro atoms. The van der Waals surface area contributed by atoms with Crippen molar-refractivity contribution in [2.45, 2.75) is 12.8 Å². The zero-order valence-electron chi connectivity index (χ0n) is 14.7. The van der Waals surface area contributed by atoms with Crippen molar-refractivity contribution in [3.63, 3.8) is 0 Å². The van der Waals surface area contributed by atoms with Crippen LogP contribution >= 0.6 is 11.6 Å². The maximum Gasteiger partial charge on any atom is 0.135 e. The van der Waals surface area contributed by atoms with E-state index in [0.29, 0.717) is 23.6 Å². The van der Waals surface area contributed by atoms with Gasteiger partial charge < -0.3 is 5.43 Å². The van der Waals surface area contributed by atoms with Crippen LogP contribution in [0.1, 0.15) is 23.1 Å². The second-order valence-electron chi connectivity index (χ2n) is 6.19. The Bertz CT molecular complexity index is 886. The Morgan fingerprint density at radius 2 is 1.96 bits per heavy atom. The minimum absolute atomic E-state index is 0.126. The van der Waals surface area contributed by atoms with E-state index in [1.807, 2.05) is 18.3 Å². The van der Waals surface area contributed by atoms with E-state index < -0.39 is 11.6 Å². The molecule has 6 heteroatoms. The maximum absolute atomic E-state index is 14.4. The Morgan fingerprint density at radius 3 is 2.70 bits per heavy atom. The van der Waals surface area contributed by atoms with Crippen LogP contribution in [0.4, 0.5) is 8.78 Å². The summed E-state index contributed by atoms with van der Waals surface area (Å²) in [6, 6.07) is 9.16. The molecule has 0 fully saturated rings. The third-order valence-corrected chi connectivity index (χ3v) is 4.47. The Kier molecular flexibility index (Phi) is 6.37. The highest BCUT2D eigenvalue weighted by molar-refractivity contribution is 6.31. The van der Waals surface area contributed by atoms with E-state index in [1.165, 1.54) is 18.2 Å². The first kappa shape index (κ1) is 19.3. The number of nitrogens with one attached hydrogen (secondary N) is 2. The Labute approximate surface area is 162 Å². The second-order valence-corrected chi connectivity index (χ2v) is 6.63. The van der Waals surface area contributed by atoms with Gasteiger partial charge in [0.15, 0.2) is 0 Å². The van der Waals surface area contributed by atoms with Gasteiger partial charge >= 0.3 is 0 Å². The van der Waals surface area contributed by atoms with E-state index in [2.05, 4.69) is 22.4 Å². The van der Waals surface area contributed by atoms with Crippen LogP contribution in [0.2, 0.25) is 5.02 Å². The van der Waals surface area contributed by atoms with E-state index in [4.69, 9.17) is 11.6 Å². The zero-order valence-corrected chi connectivity index (χ0v) is 15.5. The fraction of sp³-hybridized carbons (Fsp3) is 0.190. The predicted molar refractivity (Wildman–Crippen MR) is 106 cm³/mol. The molecule has 0 atom stereocenters. The van der Waals surface area contributed by atoms with Crippen molar-refractivity contribution in [1.82, 2.24) is 10.9 Å². The molecule has 140 valence electrons. The smallest absolute Gasteiger partial charge is 0.135 e. The fourth-order valence-electron chi connectivity index (χ4n) is 2.92. The monoisotopic (exact) mass is 387 g/mol. The van der Waals surface area contributed by atoms with Crippen molar-refractivity contribution in [2.24, 2.45) is 4.99 Å². The number of hydrazine groups is 1. The number of rotatable bonds is 6. The van der Waals surface area contributed by atoms with Crippen molar-refractivity contribution in [1.29, 1.82) is 0 Å². The fourth-order valence-corrected chi connectivity index (χ4v) is 3.10. The quantitative estimate of drug-likeness (QED) is 0.433. The topological polar surface area (TPSA) is 36.4 Å². The lowest BCUT2D eigenvalue weighted by Crippen LogP contribution is -2.28. The van der Waals surface area contributed by atoms with E-state index in [1.54, 1.807) is 12.1 Å². The van der Waals surface area contributed by atoms with Crippen molar-refractivity contribution >= 4 is 17.3 Å². The number of aliphatic imine (C=N–C) groups is 1. The molecule has 3 rings (SSSR count). The minimum atomic E-state index is -0.642. The number of halogens is 3. The molecule has 0 amide bonds. The number of benzene rings is 2. The van der Waals surface area contributed by atoms with Crippen LogP contribution in [-0.2, 0) is 6.42 Å². The van der Waals surface area contributed by atoms with Gasteiger partial charge in [-0.3, -0.25) is 4.99 Å². The molecule has 1 heterocycles. The lowest BCUT2D eigenvalue weighted by molar-refractivity contribution is 0.579. The summed E-state index contributed by atoms with van der Waals surface area (Å²) in [6.07, 6.45) is 5.11. The van der Waals surface area contributed by atoms with Gasteiger partial charge in [0, 0.05) is 23.3 Å². The van der Waals surface area contributed by atoms with E-state index in [9.17, 15) is 8.78 Å². The molecule has 0 radical (unpaired) electrons. The van der Waals surface area contributed by atoms with E-state index >= 15 is 0 Å². The van der Waals surface area contributed by atoms with E-state index in [0.717, 1.165) is 24.1 Å². The molecule has 1 aliphatic heterocycles. The summed E-state index contributed by atoms with van der Waals surface area (Å²) in [5, 5.41) is 0.495. The lowest BCUT2D eigenvalue weighted by Gasteiger charge is -2.12. The molecule has 2 aromatic carbocycles. The number of hydrogen-bond donors (Lipinski definition) is 2. The molecule has 27 heavy (non-hydrogen) atoms. The van der Waals surface area contributed by atoms with Gasteiger partial charge in [0.05, 0.1) is 17.8 Å². The van der Waals surface area contributed by atoms with Crippen LogP contribution in [0, 0.1) is 11.6 Å². The van der Waals surface area contributed by atoms with Crippen molar-refractivity contribution in [3.05, 3.63) is 94.2 Å². The first-order valence-electron chi connectivity index (χ1n) is 8.65. The Hall–Kier alpha value is -2.50. The number of nitrogens with zero attached hydrogens (tertiary/aromatic N) is 1. The zero-order chi connectivity index (χ0) is 19.2. The number of fused-ring (bicyclic) bond motifs is 1. The first-order valence-corrected chi connectivity index (χ1v) is 9.02. The summed E-state index contributed by atoms with van der Waals surface area (Å²) in [6.45, 7) is 4.74. The first-order chi connectivity index (χ1) is 13.1. The molecule has 0 saturated heterocycles. The SMILES string of the molecule is C=CCCNN/C=C1/CN=C(c2c(F)cccc2F)c2cc(Cl)ccc2C1. The highest BCUT2D eigenvalue weighted by Crippen LogP contribution is 2.27. The van der Waals surface area contributed by atoms with Gasteiger partial charge in [-0.25, -0.2) is 14.2 Å². The third-order valence-electron chi connectivity index (χ3n) is 4.24. The van der Waals surface area contributed by atoms with Gasteiger partial charge in [-0.1, -0.05) is 29.8 Å². The highest BCUT2D eigenvalue weighted by Gasteiger charge is 2.22. The third kappa shape index (κ3) is 4.62. The largest absolute Gasteiger partial charge is 0.329 e.